The Balaban J connectivity index is 2.18. The second-order valence-electron chi connectivity index (χ2n) is 3.27. The van der Waals surface area contributed by atoms with Crippen molar-refractivity contribution in [1.29, 1.82) is 0 Å². The van der Waals surface area contributed by atoms with Gasteiger partial charge in [-0.15, -0.1) is 11.3 Å². The average Bonchev–Trinajstić information content (AvgIpc) is 2.60. The predicted octanol–water partition coefficient (Wildman–Crippen LogP) is 1.93. The number of hydrogen-bond donors (Lipinski definition) is 1. The lowest BCUT2D eigenvalue weighted by molar-refractivity contribution is 0.276. The minimum Gasteiger partial charge on any atom is -0.390 e. The second-order valence-corrected chi connectivity index (χ2v) is 4.55. The maximum absolute atomic E-state index is 9.03. The average molecular weight is 220 g/mol. The lowest BCUT2D eigenvalue weighted by Crippen LogP contribution is -1.91. The minimum atomic E-state index is 0.0184. The van der Waals surface area contributed by atoms with Gasteiger partial charge in [0.15, 0.2) is 0 Å². The third-order valence-corrected chi connectivity index (χ3v) is 3.16. The van der Waals surface area contributed by atoms with Gasteiger partial charge in [0.2, 0.25) is 0 Å². The fourth-order valence-corrected chi connectivity index (χ4v) is 2.32. The van der Waals surface area contributed by atoms with Gasteiger partial charge in [-0.1, -0.05) is 6.07 Å². The number of rotatable bonds is 3. The molecule has 15 heavy (non-hydrogen) atoms. The molecule has 78 valence electrons. The maximum Gasteiger partial charge on any atom is 0.0991 e. The molecule has 0 amide bonds. The van der Waals surface area contributed by atoms with E-state index in [-0.39, 0.29) is 6.61 Å². The Bertz CT molecular complexity index is 439. The van der Waals surface area contributed by atoms with Gasteiger partial charge in [0.1, 0.15) is 0 Å². The van der Waals surface area contributed by atoms with Crippen LogP contribution in [0.1, 0.15) is 21.3 Å². The molecule has 0 saturated heterocycles. The standard InChI is InChI=1S/C11H12N2OS/c1-8-10(7-14)13-11(15-8)6-9-4-2-3-5-12-9/h2-5,14H,6-7H2,1H3. The summed E-state index contributed by atoms with van der Waals surface area (Å²) in [5.74, 6) is 0. The largest absolute Gasteiger partial charge is 0.390 e. The van der Waals surface area contributed by atoms with Gasteiger partial charge in [-0.3, -0.25) is 4.98 Å². The zero-order chi connectivity index (χ0) is 10.7. The Morgan fingerprint density at radius 3 is 2.87 bits per heavy atom. The van der Waals surface area contributed by atoms with Crippen LogP contribution in [0.15, 0.2) is 24.4 Å². The molecular weight excluding hydrogens is 208 g/mol. The fourth-order valence-electron chi connectivity index (χ4n) is 1.37. The fraction of sp³-hybridized carbons (Fsp3) is 0.273. The van der Waals surface area contributed by atoms with Crippen molar-refractivity contribution in [2.75, 3.05) is 0 Å². The van der Waals surface area contributed by atoms with Crippen molar-refractivity contribution in [3.8, 4) is 0 Å². The van der Waals surface area contributed by atoms with Gasteiger partial charge in [-0.05, 0) is 19.1 Å². The van der Waals surface area contributed by atoms with Crippen LogP contribution in [-0.4, -0.2) is 15.1 Å². The molecule has 2 rings (SSSR count). The lowest BCUT2D eigenvalue weighted by atomic mass is 10.3. The molecule has 0 aliphatic carbocycles. The van der Waals surface area contributed by atoms with Crippen LogP contribution in [0.5, 0.6) is 0 Å². The first kappa shape index (κ1) is 10.3. The van der Waals surface area contributed by atoms with Gasteiger partial charge in [0.05, 0.1) is 17.3 Å². The molecule has 0 unspecified atom stereocenters. The third kappa shape index (κ3) is 2.40. The van der Waals surface area contributed by atoms with Crippen LogP contribution in [0.3, 0.4) is 0 Å². The Kier molecular flexibility index (Phi) is 3.08. The number of aliphatic hydroxyl groups is 1. The third-order valence-electron chi connectivity index (χ3n) is 2.15. The molecule has 0 aliphatic rings. The van der Waals surface area contributed by atoms with E-state index in [1.165, 1.54) is 0 Å². The van der Waals surface area contributed by atoms with Crippen molar-refractivity contribution in [3.63, 3.8) is 0 Å². The number of aryl methyl sites for hydroxylation is 1. The highest BCUT2D eigenvalue weighted by atomic mass is 32.1. The molecule has 4 heteroatoms. The Hall–Kier alpha value is -1.26. The number of pyridine rings is 1. The highest BCUT2D eigenvalue weighted by Gasteiger charge is 2.07. The van der Waals surface area contributed by atoms with Crippen LogP contribution < -0.4 is 0 Å². The van der Waals surface area contributed by atoms with Gasteiger partial charge in [-0.2, -0.15) is 0 Å². The zero-order valence-corrected chi connectivity index (χ0v) is 9.29. The van der Waals surface area contributed by atoms with Gasteiger partial charge in [0, 0.05) is 23.2 Å². The lowest BCUT2D eigenvalue weighted by Gasteiger charge is -1.94. The number of nitrogens with zero attached hydrogens (tertiary/aromatic N) is 2. The van der Waals surface area contributed by atoms with E-state index in [1.54, 1.807) is 17.5 Å². The molecule has 0 fully saturated rings. The van der Waals surface area contributed by atoms with Crippen LogP contribution in [0.2, 0.25) is 0 Å². The number of thiazole rings is 1. The molecule has 0 radical (unpaired) electrons. The highest BCUT2D eigenvalue weighted by molar-refractivity contribution is 7.11. The van der Waals surface area contributed by atoms with Crippen molar-refractivity contribution in [2.24, 2.45) is 0 Å². The summed E-state index contributed by atoms with van der Waals surface area (Å²) in [6.45, 7) is 2.00. The molecule has 0 aliphatic heterocycles. The van der Waals surface area contributed by atoms with E-state index < -0.39 is 0 Å². The molecule has 0 bridgehead atoms. The number of hydrogen-bond acceptors (Lipinski definition) is 4. The summed E-state index contributed by atoms with van der Waals surface area (Å²) in [6, 6.07) is 5.85. The van der Waals surface area contributed by atoms with Gasteiger partial charge < -0.3 is 5.11 Å². The molecular formula is C11H12N2OS. The van der Waals surface area contributed by atoms with Crippen molar-refractivity contribution >= 4 is 11.3 Å². The summed E-state index contributed by atoms with van der Waals surface area (Å²) in [6.07, 6.45) is 2.52. The monoisotopic (exact) mass is 220 g/mol. The number of aliphatic hydroxyl groups excluding tert-OH is 1. The Morgan fingerprint density at radius 1 is 1.40 bits per heavy atom. The van der Waals surface area contributed by atoms with Crippen LogP contribution in [0.4, 0.5) is 0 Å². The predicted molar refractivity (Wildman–Crippen MR) is 59.8 cm³/mol. The summed E-state index contributed by atoms with van der Waals surface area (Å²) in [5.41, 5.74) is 1.79. The molecule has 2 aromatic heterocycles. The van der Waals surface area contributed by atoms with Crippen molar-refractivity contribution < 1.29 is 5.11 Å². The van der Waals surface area contributed by atoms with E-state index in [0.717, 1.165) is 27.7 Å². The Morgan fingerprint density at radius 2 is 2.27 bits per heavy atom. The van der Waals surface area contributed by atoms with E-state index in [4.69, 9.17) is 5.11 Å². The summed E-state index contributed by atoms with van der Waals surface area (Å²) in [7, 11) is 0. The van der Waals surface area contributed by atoms with Crippen molar-refractivity contribution in [3.05, 3.63) is 45.7 Å². The van der Waals surface area contributed by atoms with E-state index >= 15 is 0 Å². The topological polar surface area (TPSA) is 46.0 Å². The summed E-state index contributed by atoms with van der Waals surface area (Å²) < 4.78 is 0. The first-order valence-corrected chi connectivity index (χ1v) is 5.57. The molecule has 2 aromatic rings. The van der Waals surface area contributed by atoms with Gasteiger partial charge in [-0.25, -0.2) is 4.98 Å². The zero-order valence-electron chi connectivity index (χ0n) is 8.47. The molecule has 0 spiro atoms. The summed E-state index contributed by atoms with van der Waals surface area (Å²) in [5, 5.41) is 10.0. The van der Waals surface area contributed by atoms with Crippen molar-refractivity contribution in [1.82, 2.24) is 9.97 Å². The molecule has 0 atom stereocenters. The summed E-state index contributed by atoms with van der Waals surface area (Å²) in [4.78, 5) is 9.68. The van der Waals surface area contributed by atoms with Crippen molar-refractivity contribution in [2.45, 2.75) is 20.0 Å². The van der Waals surface area contributed by atoms with E-state index in [1.807, 2.05) is 25.1 Å². The minimum absolute atomic E-state index is 0.0184. The molecule has 1 N–H and O–H groups in total. The SMILES string of the molecule is Cc1sc(Cc2ccccn2)nc1CO. The highest BCUT2D eigenvalue weighted by Crippen LogP contribution is 2.19. The Labute approximate surface area is 92.5 Å². The molecule has 0 aromatic carbocycles. The van der Waals surface area contributed by atoms with E-state index in [0.29, 0.717) is 0 Å². The second kappa shape index (κ2) is 4.51. The van der Waals surface area contributed by atoms with Crippen LogP contribution in [0.25, 0.3) is 0 Å². The molecule has 0 saturated carbocycles. The van der Waals surface area contributed by atoms with Gasteiger partial charge in [0.25, 0.3) is 0 Å². The first-order chi connectivity index (χ1) is 7.29. The van der Waals surface area contributed by atoms with Crippen LogP contribution in [-0.2, 0) is 13.0 Å². The molecule has 2 heterocycles. The maximum atomic E-state index is 9.03. The summed E-state index contributed by atoms with van der Waals surface area (Å²) >= 11 is 1.62. The van der Waals surface area contributed by atoms with Crippen LogP contribution in [0, 0.1) is 6.92 Å². The smallest absolute Gasteiger partial charge is 0.0991 e. The normalized spacial score (nSPS) is 10.5. The van der Waals surface area contributed by atoms with E-state index in [9.17, 15) is 0 Å². The van der Waals surface area contributed by atoms with Gasteiger partial charge >= 0.3 is 0 Å². The van der Waals surface area contributed by atoms with Crippen LogP contribution >= 0.6 is 11.3 Å². The van der Waals surface area contributed by atoms with E-state index in [2.05, 4.69) is 9.97 Å². The number of aromatic nitrogens is 2. The quantitative estimate of drug-likeness (QED) is 0.859. The first-order valence-electron chi connectivity index (χ1n) is 4.75. The molecule has 3 nitrogen and oxygen atoms in total.